The van der Waals surface area contributed by atoms with Crippen molar-refractivity contribution in [1.82, 2.24) is 10.2 Å². The molecule has 0 spiro atoms. The van der Waals surface area contributed by atoms with Gasteiger partial charge < -0.3 is 15.5 Å². The summed E-state index contributed by atoms with van der Waals surface area (Å²) in [5.74, 6) is 1.06. The van der Waals surface area contributed by atoms with E-state index in [-0.39, 0.29) is 24.1 Å². The van der Waals surface area contributed by atoms with Crippen LogP contribution in [-0.4, -0.2) is 53.3 Å². The van der Waals surface area contributed by atoms with Gasteiger partial charge in [0.05, 0.1) is 17.7 Å². The molecule has 1 aromatic rings. The molecular formula is C15H17N3O3S. The van der Waals surface area contributed by atoms with Crippen LogP contribution in [0.4, 0.5) is 5.69 Å². The van der Waals surface area contributed by atoms with Crippen molar-refractivity contribution in [3.8, 4) is 0 Å². The highest BCUT2D eigenvalue weighted by atomic mass is 32.2. The molecule has 22 heavy (non-hydrogen) atoms. The minimum atomic E-state index is -0.832. The van der Waals surface area contributed by atoms with Gasteiger partial charge >= 0.3 is 0 Å². The zero-order valence-electron chi connectivity index (χ0n) is 12.0. The van der Waals surface area contributed by atoms with Crippen molar-refractivity contribution in [2.24, 2.45) is 0 Å². The lowest BCUT2D eigenvalue weighted by Crippen LogP contribution is -2.47. The fraction of sp³-hybridized carbons (Fsp3) is 0.400. The Balaban J connectivity index is 1.71. The number of fused-ring (bicyclic) bond motifs is 1. The number of hydrogen-bond acceptors (Lipinski definition) is 4. The molecule has 2 aliphatic heterocycles. The van der Waals surface area contributed by atoms with E-state index >= 15 is 0 Å². The van der Waals surface area contributed by atoms with E-state index in [0.29, 0.717) is 24.3 Å². The number of anilines is 1. The lowest BCUT2D eigenvalue weighted by molar-refractivity contribution is -0.133. The molecule has 7 heteroatoms. The molecule has 3 rings (SSSR count). The van der Waals surface area contributed by atoms with E-state index in [4.69, 9.17) is 0 Å². The maximum atomic E-state index is 12.3. The highest BCUT2D eigenvalue weighted by Crippen LogP contribution is 2.19. The first-order valence-corrected chi connectivity index (χ1v) is 8.37. The van der Waals surface area contributed by atoms with Crippen LogP contribution in [0.5, 0.6) is 0 Å². The van der Waals surface area contributed by atoms with E-state index < -0.39 is 6.04 Å². The van der Waals surface area contributed by atoms with Crippen LogP contribution < -0.4 is 10.6 Å². The van der Waals surface area contributed by atoms with Gasteiger partial charge in [0.2, 0.25) is 11.8 Å². The first-order chi connectivity index (χ1) is 10.6. The Hall–Kier alpha value is -2.02. The minimum Gasteiger partial charge on any atom is -0.341 e. The molecular weight excluding hydrogens is 302 g/mol. The van der Waals surface area contributed by atoms with Crippen molar-refractivity contribution in [1.29, 1.82) is 0 Å². The predicted octanol–water partition coefficient (Wildman–Crippen LogP) is 0.703. The molecule has 6 nitrogen and oxygen atoms in total. The van der Waals surface area contributed by atoms with Crippen LogP contribution >= 0.6 is 11.8 Å². The van der Waals surface area contributed by atoms with Gasteiger partial charge in [0.15, 0.2) is 0 Å². The fourth-order valence-corrected chi connectivity index (χ4v) is 3.47. The Kier molecular flexibility index (Phi) is 4.33. The normalized spacial score (nSPS) is 21.5. The molecule has 2 N–H and O–H groups in total. The summed E-state index contributed by atoms with van der Waals surface area (Å²) in [4.78, 5) is 38.5. The lowest BCUT2D eigenvalue weighted by atomic mass is 10.1. The summed E-state index contributed by atoms with van der Waals surface area (Å²) in [7, 11) is 0. The molecule has 0 aromatic heterocycles. The maximum Gasteiger partial charge on any atom is 0.254 e. The average Bonchev–Trinajstić information content (AvgIpc) is 2.66. The third-order valence-electron chi connectivity index (χ3n) is 3.79. The van der Waals surface area contributed by atoms with Crippen molar-refractivity contribution in [2.45, 2.75) is 12.5 Å². The van der Waals surface area contributed by atoms with Gasteiger partial charge in [-0.3, -0.25) is 14.4 Å². The van der Waals surface area contributed by atoms with Gasteiger partial charge in [0.25, 0.3) is 5.91 Å². The molecule has 0 bridgehead atoms. The van der Waals surface area contributed by atoms with Crippen LogP contribution in [-0.2, 0) is 9.59 Å². The Morgan fingerprint density at radius 3 is 2.73 bits per heavy atom. The number of nitrogens with one attached hydrogen (secondary N) is 2. The van der Waals surface area contributed by atoms with E-state index in [1.165, 1.54) is 0 Å². The highest BCUT2D eigenvalue weighted by molar-refractivity contribution is 7.99. The van der Waals surface area contributed by atoms with E-state index in [1.54, 1.807) is 29.2 Å². The first-order valence-electron chi connectivity index (χ1n) is 7.21. The molecule has 116 valence electrons. The summed E-state index contributed by atoms with van der Waals surface area (Å²) in [5.41, 5.74) is 0.898. The summed E-state index contributed by atoms with van der Waals surface area (Å²) in [6.07, 6.45) is -0.00374. The molecule has 3 amide bonds. The zero-order valence-corrected chi connectivity index (χ0v) is 12.8. The Morgan fingerprint density at radius 2 is 1.95 bits per heavy atom. The lowest BCUT2D eigenvalue weighted by Gasteiger charge is -2.27. The number of para-hydroxylation sites is 1. The van der Waals surface area contributed by atoms with Gasteiger partial charge in [-0.25, -0.2) is 0 Å². The maximum absolute atomic E-state index is 12.3. The SMILES string of the molecule is O=C1N[C@H](CC(=O)N2CCSCC2)C(=O)Nc2ccccc21. The van der Waals surface area contributed by atoms with Gasteiger partial charge in [-0.2, -0.15) is 11.8 Å². The molecule has 0 unspecified atom stereocenters. The van der Waals surface area contributed by atoms with Crippen LogP contribution in [0, 0.1) is 0 Å². The topological polar surface area (TPSA) is 78.5 Å². The summed E-state index contributed by atoms with van der Waals surface area (Å²) in [6, 6.07) is 5.99. The standard InChI is InChI=1S/C15H17N3O3S/c19-13(18-5-7-22-8-6-18)9-12-15(21)16-11-4-2-1-3-10(11)14(20)17-12/h1-4,12H,5-9H2,(H,16,21)(H,17,20)/t12-/m1/s1. The van der Waals surface area contributed by atoms with Gasteiger partial charge in [-0.1, -0.05) is 12.1 Å². The molecule has 1 atom stereocenters. The molecule has 1 fully saturated rings. The first kappa shape index (κ1) is 14.9. The second-order valence-corrected chi connectivity index (χ2v) is 6.48. The Bertz CT molecular complexity index is 614. The molecule has 1 aromatic carbocycles. The predicted molar refractivity (Wildman–Crippen MR) is 84.8 cm³/mol. The number of carbonyl (C=O) groups excluding carboxylic acids is 3. The number of nitrogens with zero attached hydrogens (tertiary/aromatic N) is 1. The fourth-order valence-electron chi connectivity index (χ4n) is 2.57. The van der Waals surface area contributed by atoms with Gasteiger partial charge in [0, 0.05) is 24.6 Å². The van der Waals surface area contributed by atoms with E-state index in [0.717, 1.165) is 11.5 Å². The quantitative estimate of drug-likeness (QED) is 0.841. The second-order valence-electron chi connectivity index (χ2n) is 5.26. The van der Waals surface area contributed by atoms with Crippen molar-refractivity contribution < 1.29 is 14.4 Å². The second kappa shape index (κ2) is 6.39. The molecule has 0 radical (unpaired) electrons. The smallest absolute Gasteiger partial charge is 0.254 e. The number of amides is 3. The van der Waals surface area contributed by atoms with E-state index in [2.05, 4.69) is 10.6 Å². The van der Waals surface area contributed by atoms with Gasteiger partial charge in [0.1, 0.15) is 6.04 Å². The molecule has 1 saturated heterocycles. The monoisotopic (exact) mass is 319 g/mol. The van der Waals surface area contributed by atoms with Crippen molar-refractivity contribution in [3.63, 3.8) is 0 Å². The van der Waals surface area contributed by atoms with Crippen LogP contribution in [0.25, 0.3) is 0 Å². The molecule has 0 aliphatic carbocycles. The minimum absolute atomic E-state index is 0.00374. The van der Waals surface area contributed by atoms with Crippen molar-refractivity contribution in [2.75, 3.05) is 29.9 Å². The van der Waals surface area contributed by atoms with Crippen LogP contribution in [0.1, 0.15) is 16.8 Å². The van der Waals surface area contributed by atoms with E-state index in [9.17, 15) is 14.4 Å². The molecule has 2 aliphatic rings. The number of carbonyl (C=O) groups is 3. The summed E-state index contributed by atoms with van der Waals surface area (Å²) in [5, 5.41) is 5.37. The number of benzene rings is 1. The third-order valence-corrected chi connectivity index (χ3v) is 4.74. The largest absolute Gasteiger partial charge is 0.341 e. The van der Waals surface area contributed by atoms with Crippen molar-refractivity contribution in [3.05, 3.63) is 29.8 Å². The molecule has 2 heterocycles. The van der Waals surface area contributed by atoms with Gasteiger partial charge in [-0.05, 0) is 12.1 Å². The van der Waals surface area contributed by atoms with E-state index in [1.807, 2.05) is 11.8 Å². The van der Waals surface area contributed by atoms with Crippen LogP contribution in [0.15, 0.2) is 24.3 Å². The number of hydrogen-bond donors (Lipinski definition) is 2. The summed E-state index contributed by atoms with van der Waals surface area (Å²) < 4.78 is 0. The number of thioether (sulfide) groups is 1. The Labute approximate surface area is 132 Å². The average molecular weight is 319 g/mol. The third kappa shape index (κ3) is 3.09. The zero-order chi connectivity index (χ0) is 15.5. The van der Waals surface area contributed by atoms with Crippen molar-refractivity contribution >= 4 is 35.2 Å². The summed E-state index contributed by atoms with van der Waals surface area (Å²) in [6.45, 7) is 1.40. The Morgan fingerprint density at radius 1 is 1.23 bits per heavy atom. The van der Waals surface area contributed by atoms with Crippen LogP contribution in [0.3, 0.4) is 0 Å². The number of rotatable bonds is 2. The molecule has 0 saturated carbocycles. The van der Waals surface area contributed by atoms with Crippen LogP contribution in [0.2, 0.25) is 0 Å². The highest BCUT2D eigenvalue weighted by Gasteiger charge is 2.31. The summed E-state index contributed by atoms with van der Waals surface area (Å²) >= 11 is 1.82. The van der Waals surface area contributed by atoms with Gasteiger partial charge in [-0.15, -0.1) is 0 Å².